The molecule has 24 heavy (non-hydrogen) atoms. The van der Waals surface area contributed by atoms with Crippen LogP contribution in [0.1, 0.15) is 46.0 Å². The van der Waals surface area contributed by atoms with Crippen LogP contribution in [-0.4, -0.2) is 47.7 Å². The highest BCUT2D eigenvalue weighted by atomic mass is 15.1. The minimum atomic E-state index is 0.369. The molecule has 0 radical (unpaired) electrons. The second kappa shape index (κ2) is 9.64. The van der Waals surface area contributed by atoms with E-state index in [2.05, 4.69) is 35.2 Å². The third-order valence-electron chi connectivity index (χ3n) is 5.49. The minimum absolute atomic E-state index is 0.369. The number of nitrogens with zero attached hydrogens (tertiary/aromatic N) is 4. The fourth-order valence-electron chi connectivity index (χ4n) is 3.85. The minimum Gasteiger partial charge on any atom is -0.376 e. The summed E-state index contributed by atoms with van der Waals surface area (Å²) >= 11 is 0. The van der Waals surface area contributed by atoms with E-state index in [1.54, 1.807) is 6.20 Å². The van der Waals surface area contributed by atoms with Gasteiger partial charge in [-0.1, -0.05) is 6.58 Å². The van der Waals surface area contributed by atoms with E-state index >= 15 is 0 Å². The molecule has 0 aromatic rings. The number of piperidine rings is 2. The average molecular weight is 329 g/mol. The third kappa shape index (κ3) is 5.79. The lowest BCUT2D eigenvalue weighted by Gasteiger charge is -2.37. The predicted molar refractivity (Wildman–Crippen MR) is 101 cm³/mol. The van der Waals surface area contributed by atoms with E-state index in [4.69, 9.17) is 5.26 Å². The van der Waals surface area contributed by atoms with Crippen molar-refractivity contribution in [3.63, 3.8) is 0 Å². The maximum Gasteiger partial charge on any atom is 0.139 e. The van der Waals surface area contributed by atoms with Gasteiger partial charge in [-0.25, -0.2) is 4.99 Å². The lowest BCUT2D eigenvalue weighted by molar-refractivity contribution is 0.125. The molecule has 0 atom stereocenters. The zero-order valence-corrected chi connectivity index (χ0v) is 15.3. The maximum absolute atomic E-state index is 8.80. The van der Waals surface area contributed by atoms with E-state index in [0.29, 0.717) is 11.8 Å². The van der Waals surface area contributed by atoms with Gasteiger partial charge in [-0.2, -0.15) is 5.26 Å². The molecule has 0 N–H and O–H groups in total. The highest BCUT2D eigenvalue weighted by Crippen LogP contribution is 2.30. The molecule has 4 nitrogen and oxygen atoms in total. The van der Waals surface area contributed by atoms with Crippen molar-refractivity contribution in [2.45, 2.75) is 52.0 Å². The van der Waals surface area contributed by atoms with Crippen LogP contribution in [0.2, 0.25) is 0 Å². The van der Waals surface area contributed by atoms with Gasteiger partial charge in [-0.05, 0) is 77.0 Å². The van der Waals surface area contributed by atoms with Crippen molar-refractivity contribution < 1.29 is 0 Å². The molecular weight excluding hydrogens is 296 g/mol. The predicted octanol–water partition coefficient (Wildman–Crippen LogP) is 3.83. The number of rotatable bonds is 6. The summed E-state index contributed by atoms with van der Waals surface area (Å²) in [5.74, 6) is 1.82. The van der Waals surface area contributed by atoms with Crippen LogP contribution in [0.4, 0.5) is 0 Å². The fraction of sp³-hybridized carbons (Fsp3) is 0.700. The van der Waals surface area contributed by atoms with Crippen molar-refractivity contribution >= 4 is 5.71 Å². The first-order valence-electron chi connectivity index (χ1n) is 9.37. The van der Waals surface area contributed by atoms with Gasteiger partial charge in [0.2, 0.25) is 0 Å². The van der Waals surface area contributed by atoms with Crippen LogP contribution in [0.15, 0.2) is 30.0 Å². The number of nitriles is 1. The molecule has 2 fully saturated rings. The summed E-state index contributed by atoms with van der Waals surface area (Å²) < 4.78 is 0. The smallest absolute Gasteiger partial charge is 0.139 e. The molecule has 0 bridgehead atoms. The summed E-state index contributed by atoms with van der Waals surface area (Å²) in [4.78, 5) is 9.03. The first kappa shape index (κ1) is 18.7. The number of hydrogen-bond donors (Lipinski definition) is 0. The van der Waals surface area contributed by atoms with Gasteiger partial charge in [0.1, 0.15) is 11.8 Å². The van der Waals surface area contributed by atoms with E-state index in [1.807, 2.05) is 12.3 Å². The number of likely N-dealkylation sites (tertiary alicyclic amines) is 2. The van der Waals surface area contributed by atoms with Crippen molar-refractivity contribution in [2.24, 2.45) is 16.8 Å². The van der Waals surface area contributed by atoms with Crippen LogP contribution in [0.5, 0.6) is 0 Å². The summed E-state index contributed by atoms with van der Waals surface area (Å²) in [6.45, 7) is 13.0. The Kier molecular flexibility index (Phi) is 7.52. The van der Waals surface area contributed by atoms with Crippen LogP contribution < -0.4 is 0 Å². The standard InChI is InChI=1S/C20H32N4/c1-4-20(16-21)22-9-14-23-10-5-18(6-11-23)15-19-7-12-24(13-8-19)17(2)3/h4,9,14,17-19H,1,5-8,10-13,15H2,2-3H3/b14-9+,22-20+. The normalized spacial score (nSPS) is 22.2. The first-order chi connectivity index (χ1) is 11.6. The quantitative estimate of drug-likeness (QED) is 0.696. The first-order valence-corrected chi connectivity index (χ1v) is 9.37. The van der Waals surface area contributed by atoms with Crippen LogP contribution in [0.25, 0.3) is 0 Å². The van der Waals surface area contributed by atoms with E-state index in [1.165, 1.54) is 51.3 Å². The molecule has 0 aromatic heterocycles. The largest absolute Gasteiger partial charge is 0.376 e. The van der Waals surface area contributed by atoms with Gasteiger partial charge < -0.3 is 9.80 Å². The molecule has 2 saturated heterocycles. The Bertz CT molecular complexity index is 484. The molecule has 0 saturated carbocycles. The van der Waals surface area contributed by atoms with Crippen molar-refractivity contribution in [2.75, 3.05) is 26.2 Å². The summed E-state index contributed by atoms with van der Waals surface area (Å²) in [5.41, 5.74) is 0.369. The van der Waals surface area contributed by atoms with Gasteiger partial charge in [0.05, 0.1) is 0 Å². The molecule has 0 aromatic carbocycles. The Balaban J connectivity index is 1.68. The molecule has 2 aliphatic heterocycles. The van der Waals surface area contributed by atoms with Gasteiger partial charge in [0, 0.05) is 31.5 Å². The van der Waals surface area contributed by atoms with Crippen molar-refractivity contribution in [1.29, 1.82) is 5.26 Å². The van der Waals surface area contributed by atoms with Crippen LogP contribution in [0.3, 0.4) is 0 Å². The Hall–Kier alpha value is -1.60. The summed E-state index contributed by atoms with van der Waals surface area (Å²) in [5, 5.41) is 8.80. The lowest BCUT2D eigenvalue weighted by Crippen LogP contribution is -2.39. The van der Waals surface area contributed by atoms with E-state index in [9.17, 15) is 0 Å². The maximum atomic E-state index is 8.80. The zero-order valence-electron chi connectivity index (χ0n) is 15.3. The molecule has 0 aliphatic carbocycles. The molecule has 2 aliphatic rings. The SMILES string of the molecule is C=C/C(C#N)=N\C=C\N1CCC(CC2CCN(C(C)C)CC2)CC1. The van der Waals surface area contributed by atoms with Crippen LogP contribution in [0, 0.1) is 23.2 Å². The van der Waals surface area contributed by atoms with Crippen LogP contribution in [-0.2, 0) is 0 Å². The fourth-order valence-corrected chi connectivity index (χ4v) is 3.85. The second-order valence-electron chi connectivity index (χ2n) is 7.42. The van der Waals surface area contributed by atoms with Crippen molar-refractivity contribution in [3.8, 4) is 6.07 Å². The Labute approximate surface area is 147 Å². The van der Waals surface area contributed by atoms with Gasteiger partial charge >= 0.3 is 0 Å². The molecule has 0 unspecified atom stereocenters. The Morgan fingerprint density at radius 1 is 1.17 bits per heavy atom. The Morgan fingerprint density at radius 3 is 2.25 bits per heavy atom. The third-order valence-corrected chi connectivity index (χ3v) is 5.49. The van der Waals surface area contributed by atoms with E-state index in [-0.39, 0.29) is 0 Å². The van der Waals surface area contributed by atoms with Gasteiger partial charge in [0.25, 0.3) is 0 Å². The summed E-state index contributed by atoms with van der Waals surface area (Å²) in [6, 6.07) is 2.71. The lowest BCUT2D eigenvalue weighted by atomic mass is 9.82. The van der Waals surface area contributed by atoms with E-state index < -0.39 is 0 Å². The molecule has 0 spiro atoms. The van der Waals surface area contributed by atoms with Crippen LogP contribution >= 0.6 is 0 Å². The van der Waals surface area contributed by atoms with E-state index in [0.717, 1.165) is 24.9 Å². The number of aliphatic imine (C=N–C) groups is 1. The molecule has 0 amide bonds. The average Bonchev–Trinajstić information content (AvgIpc) is 2.60. The van der Waals surface area contributed by atoms with Gasteiger partial charge in [-0.15, -0.1) is 0 Å². The molecular formula is C20H32N4. The molecule has 2 heterocycles. The second-order valence-corrected chi connectivity index (χ2v) is 7.42. The highest BCUT2D eigenvalue weighted by molar-refractivity contribution is 6.07. The topological polar surface area (TPSA) is 42.6 Å². The summed E-state index contributed by atoms with van der Waals surface area (Å²) in [6.07, 6.45) is 12.0. The van der Waals surface area contributed by atoms with Crippen molar-refractivity contribution in [1.82, 2.24) is 9.80 Å². The van der Waals surface area contributed by atoms with Crippen molar-refractivity contribution in [3.05, 3.63) is 25.1 Å². The molecule has 4 heteroatoms. The number of hydrogen-bond acceptors (Lipinski definition) is 4. The number of allylic oxidation sites excluding steroid dienone is 1. The van der Waals surface area contributed by atoms with Gasteiger partial charge in [0.15, 0.2) is 0 Å². The summed E-state index contributed by atoms with van der Waals surface area (Å²) in [7, 11) is 0. The monoisotopic (exact) mass is 328 g/mol. The Morgan fingerprint density at radius 2 is 1.75 bits per heavy atom. The molecule has 132 valence electrons. The molecule has 2 rings (SSSR count). The zero-order chi connectivity index (χ0) is 17.4. The highest BCUT2D eigenvalue weighted by Gasteiger charge is 2.25. The van der Waals surface area contributed by atoms with Gasteiger partial charge in [-0.3, -0.25) is 0 Å².